The molecule has 0 saturated heterocycles. The number of nitrogens with zero attached hydrogens (tertiary/aromatic N) is 2. The molecule has 0 bridgehead atoms. The van der Waals surface area contributed by atoms with Gasteiger partial charge in [0.1, 0.15) is 5.75 Å². The molecule has 4 nitrogen and oxygen atoms in total. The summed E-state index contributed by atoms with van der Waals surface area (Å²) in [6.45, 7) is 7.42. The Labute approximate surface area is 158 Å². The van der Waals surface area contributed by atoms with Crippen LogP contribution >= 0.6 is 11.8 Å². The van der Waals surface area contributed by atoms with Gasteiger partial charge in [-0.15, -0.1) is 10.2 Å². The van der Waals surface area contributed by atoms with E-state index in [1.807, 2.05) is 12.1 Å². The highest BCUT2D eigenvalue weighted by Crippen LogP contribution is 2.31. The van der Waals surface area contributed by atoms with Crippen molar-refractivity contribution in [3.05, 3.63) is 59.2 Å². The summed E-state index contributed by atoms with van der Waals surface area (Å²) in [4.78, 5) is 0. The minimum Gasteiger partial charge on any atom is -0.493 e. The number of fused-ring (bicyclic) bond motifs is 1. The molecule has 0 unspecified atom stereocenters. The van der Waals surface area contributed by atoms with E-state index in [-0.39, 0.29) is 5.41 Å². The molecule has 0 atom stereocenters. The van der Waals surface area contributed by atoms with Crippen LogP contribution in [0.2, 0.25) is 0 Å². The van der Waals surface area contributed by atoms with Crippen molar-refractivity contribution in [1.82, 2.24) is 10.2 Å². The minimum atomic E-state index is 0.175. The monoisotopic (exact) mass is 366 g/mol. The van der Waals surface area contributed by atoms with E-state index in [4.69, 9.17) is 9.15 Å². The Morgan fingerprint density at radius 1 is 1.04 bits per heavy atom. The van der Waals surface area contributed by atoms with Crippen LogP contribution in [0.25, 0.3) is 11.5 Å². The molecule has 134 valence electrons. The maximum atomic E-state index is 5.83. The number of thioether (sulfide) groups is 1. The van der Waals surface area contributed by atoms with Gasteiger partial charge in [-0.3, -0.25) is 0 Å². The average Bonchev–Trinajstić information content (AvgIpc) is 3.28. The van der Waals surface area contributed by atoms with E-state index in [0.29, 0.717) is 11.1 Å². The van der Waals surface area contributed by atoms with Gasteiger partial charge in [0, 0.05) is 17.7 Å². The molecule has 0 saturated carbocycles. The van der Waals surface area contributed by atoms with Gasteiger partial charge in [-0.2, -0.15) is 0 Å². The van der Waals surface area contributed by atoms with Crippen molar-refractivity contribution in [2.45, 2.75) is 43.6 Å². The highest BCUT2D eigenvalue weighted by Gasteiger charge is 2.16. The number of benzene rings is 2. The van der Waals surface area contributed by atoms with E-state index in [1.54, 1.807) is 11.8 Å². The highest BCUT2D eigenvalue weighted by atomic mass is 32.2. The number of hydrogen-bond donors (Lipinski definition) is 0. The summed E-state index contributed by atoms with van der Waals surface area (Å²) in [7, 11) is 0. The second-order valence-corrected chi connectivity index (χ2v) is 8.46. The van der Waals surface area contributed by atoms with Crippen molar-refractivity contribution >= 4 is 11.8 Å². The Kier molecular flexibility index (Phi) is 4.49. The van der Waals surface area contributed by atoms with Crippen molar-refractivity contribution in [1.29, 1.82) is 0 Å². The Balaban J connectivity index is 1.42. The lowest BCUT2D eigenvalue weighted by atomic mass is 9.87. The van der Waals surface area contributed by atoms with Crippen LogP contribution in [0.4, 0.5) is 0 Å². The average molecular weight is 366 g/mol. The maximum absolute atomic E-state index is 5.83. The fourth-order valence-corrected chi connectivity index (χ4v) is 3.67. The van der Waals surface area contributed by atoms with Gasteiger partial charge in [0.2, 0.25) is 5.89 Å². The maximum Gasteiger partial charge on any atom is 0.277 e. The summed E-state index contributed by atoms with van der Waals surface area (Å²) in [5.41, 5.74) is 4.91. The Hall–Kier alpha value is -2.27. The van der Waals surface area contributed by atoms with E-state index in [2.05, 4.69) is 61.3 Å². The lowest BCUT2D eigenvalue weighted by Crippen LogP contribution is -2.10. The zero-order chi connectivity index (χ0) is 18.1. The van der Waals surface area contributed by atoms with Gasteiger partial charge in [-0.1, -0.05) is 56.8 Å². The largest absolute Gasteiger partial charge is 0.493 e. The van der Waals surface area contributed by atoms with Crippen LogP contribution in [0, 0.1) is 0 Å². The summed E-state index contributed by atoms with van der Waals surface area (Å²) in [5, 5.41) is 8.96. The van der Waals surface area contributed by atoms with Gasteiger partial charge in [-0.05, 0) is 40.3 Å². The van der Waals surface area contributed by atoms with Crippen LogP contribution < -0.4 is 4.74 Å². The van der Waals surface area contributed by atoms with Crippen LogP contribution in [0.15, 0.2) is 52.1 Å². The van der Waals surface area contributed by atoms with E-state index in [0.717, 1.165) is 30.1 Å². The molecule has 5 heteroatoms. The second-order valence-electron chi connectivity index (χ2n) is 7.53. The van der Waals surface area contributed by atoms with Gasteiger partial charge in [-0.25, -0.2) is 0 Å². The van der Waals surface area contributed by atoms with Gasteiger partial charge in [0.25, 0.3) is 5.22 Å². The van der Waals surface area contributed by atoms with Crippen molar-refractivity contribution in [2.75, 3.05) is 6.61 Å². The molecule has 1 aliphatic heterocycles. The summed E-state index contributed by atoms with van der Waals surface area (Å²) in [6, 6.07) is 14.8. The third kappa shape index (κ3) is 3.63. The van der Waals surface area contributed by atoms with Gasteiger partial charge < -0.3 is 9.15 Å². The highest BCUT2D eigenvalue weighted by molar-refractivity contribution is 7.98. The van der Waals surface area contributed by atoms with E-state index in [9.17, 15) is 0 Å². The number of hydrogen-bond acceptors (Lipinski definition) is 5. The van der Waals surface area contributed by atoms with E-state index >= 15 is 0 Å². The predicted molar refractivity (Wildman–Crippen MR) is 104 cm³/mol. The topological polar surface area (TPSA) is 48.2 Å². The molecular formula is C21H22N2O2S. The molecule has 0 aliphatic carbocycles. The smallest absolute Gasteiger partial charge is 0.277 e. The molecule has 0 radical (unpaired) electrons. The van der Waals surface area contributed by atoms with Gasteiger partial charge in [0.15, 0.2) is 0 Å². The Bertz CT molecular complexity index is 911. The number of rotatable bonds is 4. The normalized spacial score (nSPS) is 13.5. The molecule has 4 rings (SSSR count). The first-order valence-corrected chi connectivity index (χ1v) is 9.79. The molecule has 3 aromatic rings. The summed E-state index contributed by atoms with van der Waals surface area (Å²) < 4.78 is 11.4. The van der Waals surface area contributed by atoms with Crippen molar-refractivity contribution in [3.8, 4) is 17.2 Å². The van der Waals surface area contributed by atoms with Crippen molar-refractivity contribution < 1.29 is 9.15 Å². The molecule has 0 spiro atoms. The predicted octanol–water partition coefficient (Wildman–Crippen LogP) is 5.26. The van der Waals surface area contributed by atoms with Gasteiger partial charge in [0.05, 0.1) is 6.61 Å². The third-order valence-electron chi connectivity index (χ3n) is 4.53. The molecule has 26 heavy (non-hydrogen) atoms. The molecule has 2 heterocycles. The second kappa shape index (κ2) is 6.80. The molecule has 1 aliphatic rings. The van der Waals surface area contributed by atoms with Crippen LogP contribution in [-0.4, -0.2) is 16.8 Å². The first-order valence-electron chi connectivity index (χ1n) is 8.81. The molecule has 1 aromatic heterocycles. The lowest BCUT2D eigenvalue weighted by molar-refractivity contribution is 0.357. The number of ether oxygens (including phenoxy) is 1. The van der Waals surface area contributed by atoms with E-state index in [1.165, 1.54) is 16.7 Å². The fourth-order valence-electron chi connectivity index (χ4n) is 2.95. The first-order chi connectivity index (χ1) is 12.5. The molecule has 2 aromatic carbocycles. The summed E-state index contributed by atoms with van der Waals surface area (Å²) >= 11 is 1.56. The first kappa shape index (κ1) is 17.2. The SMILES string of the molecule is CC(C)(C)c1ccc(CSc2nnc(-c3ccc4c(c3)CCO4)o2)cc1. The zero-order valence-corrected chi connectivity index (χ0v) is 16.1. The Morgan fingerprint density at radius 3 is 2.62 bits per heavy atom. The molecule has 0 N–H and O–H groups in total. The van der Waals surface area contributed by atoms with Crippen LogP contribution in [-0.2, 0) is 17.6 Å². The Morgan fingerprint density at radius 2 is 1.85 bits per heavy atom. The quantitative estimate of drug-likeness (QED) is 0.589. The van der Waals surface area contributed by atoms with Crippen LogP contribution in [0.1, 0.15) is 37.5 Å². The molecule has 0 amide bonds. The van der Waals surface area contributed by atoms with Gasteiger partial charge >= 0.3 is 0 Å². The standard InChI is InChI=1S/C21H22N2O2S/c1-21(2,3)17-7-4-14(5-8-17)13-26-20-23-22-19(25-20)16-6-9-18-15(12-16)10-11-24-18/h4-9,12H,10-11,13H2,1-3H3. The van der Waals surface area contributed by atoms with Crippen LogP contribution in [0.5, 0.6) is 5.75 Å². The summed E-state index contributed by atoms with van der Waals surface area (Å²) in [5.74, 6) is 2.33. The van der Waals surface area contributed by atoms with Crippen LogP contribution in [0.3, 0.4) is 0 Å². The van der Waals surface area contributed by atoms with Crippen molar-refractivity contribution in [2.24, 2.45) is 0 Å². The summed E-state index contributed by atoms with van der Waals surface area (Å²) in [6.07, 6.45) is 0.934. The fraction of sp³-hybridized carbons (Fsp3) is 0.333. The molecular weight excluding hydrogens is 344 g/mol. The third-order valence-corrected chi connectivity index (χ3v) is 5.41. The minimum absolute atomic E-state index is 0.175. The zero-order valence-electron chi connectivity index (χ0n) is 15.3. The van der Waals surface area contributed by atoms with Crippen molar-refractivity contribution in [3.63, 3.8) is 0 Å². The lowest BCUT2D eigenvalue weighted by Gasteiger charge is -2.19. The number of aromatic nitrogens is 2. The van der Waals surface area contributed by atoms with E-state index < -0.39 is 0 Å². The molecule has 0 fully saturated rings.